The molecule has 88 valence electrons. The maximum atomic E-state index is 3.82. The molecule has 0 bridgehead atoms. The minimum absolute atomic E-state index is 0.652. The molecule has 1 atom stereocenters. The van der Waals surface area contributed by atoms with Crippen LogP contribution in [0, 0.1) is 5.41 Å². The van der Waals surface area contributed by atoms with Gasteiger partial charge in [-0.15, -0.1) is 11.3 Å². The summed E-state index contributed by atoms with van der Waals surface area (Å²) in [7, 11) is 0. The predicted molar refractivity (Wildman–Crippen MR) is 70.0 cm³/mol. The van der Waals surface area contributed by atoms with Gasteiger partial charge in [0.2, 0.25) is 0 Å². The van der Waals surface area contributed by atoms with Gasteiger partial charge in [0, 0.05) is 17.5 Å². The largest absolute Gasteiger partial charge is 0.309 e. The molecule has 2 aliphatic carbocycles. The third kappa shape index (κ3) is 1.93. The van der Waals surface area contributed by atoms with E-state index < -0.39 is 0 Å². The number of thiophene rings is 1. The van der Waals surface area contributed by atoms with Gasteiger partial charge in [-0.1, -0.05) is 6.92 Å². The van der Waals surface area contributed by atoms with Crippen LogP contribution in [0.2, 0.25) is 0 Å². The van der Waals surface area contributed by atoms with Gasteiger partial charge in [0.05, 0.1) is 0 Å². The molecule has 2 aliphatic rings. The molecule has 1 aromatic heterocycles. The molecule has 0 aromatic carbocycles. The van der Waals surface area contributed by atoms with Crippen LogP contribution in [-0.4, -0.2) is 6.54 Å². The summed E-state index contributed by atoms with van der Waals surface area (Å²) in [6, 6.07) is 2.99. The zero-order chi connectivity index (χ0) is 11.0. The van der Waals surface area contributed by atoms with Crippen LogP contribution < -0.4 is 5.32 Å². The fraction of sp³-hybridized carbons (Fsp3) is 0.714. The smallest absolute Gasteiger partial charge is 0.0331 e. The Morgan fingerprint density at radius 3 is 3.12 bits per heavy atom. The second-order valence-corrected chi connectivity index (χ2v) is 6.48. The standard InChI is InChI=1S/C14H21NS/c1-2-14(7-8-14)10-15-12-4-3-5-13-11(12)6-9-16-13/h6,9,12,15H,2-5,7-8,10H2,1H3. The molecule has 0 aliphatic heterocycles. The van der Waals surface area contributed by atoms with Crippen molar-refractivity contribution in [2.75, 3.05) is 6.54 Å². The van der Waals surface area contributed by atoms with Crippen molar-refractivity contribution in [1.29, 1.82) is 0 Å². The van der Waals surface area contributed by atoms with Gasteiger partial charge in [0.15, 0.2) is 0 Å². The molecule has 2 heteroatoms. The van der Waals surface area contributed by atoms with Crippen LogP contribution in [0.3, 0.4) is 0 Å². The van der Waals surface area contributed by atoms with E-state index >= 15 is 0 Å². The Hall–Kier alpha value is -0.340. The van der Waals surface area contributed by atoms with Crippen LogP contribution in [0.5, 0.6) is 0 Å². The summed E-state index contributed by atoms with van der Waals surface area (Å²) in [5.74, 6) is 0. The SMILES string of the molecule is CCC1(CNC2CCCc3sccc32)CC1. The lowest BCUT2D eigenvalue weighted by atomic mass is 9.93. The van der Waals surface area contributed by atoms with Crippen molar-refractivity contribution in [2.45, 2.75) is 51.5 Å². The monoisotopic (exact) mass is 235 g/mol. The summed E-state index contributed by atoms with van der Waals surface area (Å²) in [6.07, 6.45) is 8.25. The zero-order valence-electron chi connectivity index (χ0n) is 10.1. The summed E-state index contributed by atoms with van der Waals surface area (Å²) in [4.78, 5) is 1.63. The number of hydrogen-bond donors (Lipinski definition) is 1. The van der Waals surface area contributed by atoms with Crippen LogP contribution in [0.15, 0.2) is 11.4 Å². The Bertz CT molecular complexity index is 365. The molecule has 0 amide bonds. The van der Waals surface area contributed by atoms with E-state index in [9.17, 15) is 0 Å². The van der Waals surface area contributed by atoms with Crippen molar-refractivity contribution in [1.82, 2.24) is 5.32 Å². The van der Waals surface area contributed by atoms with Gasteiger partial charge in [-0.05, 0) is 60.9 Å². The highest BCUT2D eigenvalue weighted by Crippen LogP contribution is 2.48. The van der Waals surface area contributed by atoms with Gasteiger partial charge in [-0.25, -0.2) is 0 Å². The highest BCUT2D eigenvalue weighted by Gasteiger charge is 2.40. The summed E-state index contributed by atoms with van der Waals surface area (Å²) < 4.78 is 0. The fourth-order valence-corrected chi connectivity index (χ4v) is 3.86. The molecule has 1 unspecified atom stereocenters. The van der Waals surface area contributed by atoms with Crippen molar-refractivity contribution in [3.8, 4) is 0 Å². The Balaban J connectivity index is 1.64. The van der Waals surface area contributed by atoms with Crippen molar-refractivity contribution in [3.63, 3.8) is 0 Å². The number of aryl methyl sites for hydroxylation is 1. The summed E-state index contributed by atoms with van der Waals surface area (Å²) in [5.41, 5.74) is 2.27. The van der Waals surface area contributed by atoms with Crippen molar-refractivity contribution >= 4 is 11.3 Å². The molecule has 1 aromatic rings. The molecule has 0 radical (unpaired) electrons. The molecule has 1 nitrogen and oxygen atoms in total. The molecule has 1 fully saturated rings. The third-order valence-corrected chi connectivity index (χ3v) is 5.48. The van der Waals surface area contributed by atoms with E-state index in [0.717, 1.165) is 0 Å². The first-order valence-electron chi connectivity index (χ1n) is 6.63. The quantitative estimate of drug-likeness (QED) is 0.834. The van der Waals surface area contributed by atoms with Crippen molar-refractivity contribution in [2.24, 2.45) is 5.41 Å². The minimum atomic E-state index is 0.652. The van der Waals surface area contributed by atoms with E-state index in [2.05, 4.69) is 23.7 Å². The van der Waals surface area contributed by atoms with Crippen molar-refractivity contribution in [3.05, 3.63) is 21.9 Å². The second-order valence-electron chi connectivity index (χ2n) is 5.48. The number of nitrogens with one attached hydrogen (secondary N) is 1. The topological polar surface area (TPSA) is 12.0 Å². The highest BCUT2D eigenvalue weighted by atomic mass is 32.1. The third-order valence-electron chi connectivity index (χ3n) is 4.48. The number of rotatable bonds is 4. The Kier molecular flexibility index (Phi) is 2.80. The molecule has 1 heterocycles. The number of fused-ring (bicyclic) bond motifs is 1. The maximum Gasteiger partial charge on any atom is 0.0331 e. The zero-order valence-corrected chi connectivity index (χ0v) is 10.9. The molecule has 1 N–H and O–H groups in total. The lowest BCUT2D eigenvalue weighted by molar-refractivity contribution is 0.380. The van der Waals surface area contributed by atoms with Crippen molar-refractivity contribution < 1.29 is 0 Å². The van der Waals surface area contributed by atoms with Gasteiger partial charge in [0.25, 0.3) is 0 Å². The molecule has 0 spiro atoms. The molecule has 1 saturated carbocycles. The average Bonchev–Trinajstić information content (AvgIpc) is 2.94. The van der Waals surface area contributed by atoms with Gasteiger partial charge in [0.1, 0.15) is 0 Å². The molecule has 0 saturated heterocycles. The van der Waals surface area contributed by atoms with E-state index in [1.165, 1.54) is 45.1 Å². The van der Waals surface area contributed by atoms with E-state index in [-0.39, 0.29) is 0 Å². The molecular weight excluding hydrogens is 214 g/mol. The first-order chi connectivity index (χ1) is 7.83. The van der Waals surface area contributed by atoms with Crippen LogP contribution >= 0.6 is 11.3 Å². The van der Waals surface area contributed by atoms with E-state index in [4.69, 9.17) is 0 Å². The normalized spacial score (nSPS) is 26.4. The van der Waals surface area contributed by atoms with E-state index in [1.54, 1.807) is 10.4 Å². The Labute approximate surface area is 102 Å². The van der Waals surface area contributed by atoms with Crippen LogP contribution in [0.4, 0.5) is 0 Å². The lowest BCUT2D eigenvalue weighted by Gasteiger charge is -2.26. The van der Waals surface area contributed by atoms with Crippen LogP contribution in [-0.2, 0) is 6.42 Å². The summed E-state index contributed by atoms with van der Waals surface area (Å²) >= 11 is 1.94. The Morgan fingerprint density at radius 2 is 2.38 bits per heavy atom. The summed E-state index contributed by atoms with van der Waals surface area (Å²) in [6.45, 7) is 3.58. The van der Waals surface area contributed by atoms with Crippen LogP contribution in [0.1, 0.15) is 55.5 Å². The van der Waals surface area contributed by atoms with E-state index in [1.807, 2.05) is 11.3 Å². The fourth-order valence-electron chi connectivity index (χ4n) is 2.87. The second kappa shape index (κ2) is 4.15. The molecule has 16 heavy (non-hydrogen) atoms. The van der Waals surface area contributed by atoms with Crippen LogP contribution in [0.25, 0.3) is 0 Å². The highest BCUT2D eigenvalue weighted by molar-refractivity contribution is 7.10. The van der Waals surface area contributed by atoms with Gasteiger partial charge < -0.3 is 5.32 Å². The van der Waals surface area contributed by atoms with Gasteiger partial charge in [-0.3, -0.25) is 0 Å². The first-order valence-corrected chi connectivity index (χ1v) is 7.51. The average molecular weight is 235 g/mol. The first kappa shape index (κ1) is 10.8. The van der Waals surface area contributed by atoms with Gasteiger partial charge in [-0.2, -0.15) is 0 Å². The summed E-state index contributed by atoms with van der Waals surface area (Å²) in [5, 5.41) is 6.09. The molecular formula is C14H21NS. The molecule has 3 rings (SSSR count). The predicted octanol–water partition coefficient (Wildman–Crippen LogP) is 3.91. The maximum absolute atomic E-state index is 3.82. The lowest BCUT2D eigenvalue weighted by Crippen LogP contribution is -2.29. The number of hydrogen-bond acceptors (Lipinski definition) is 2. The van der Waals surface area contributed by atoms with E-state index in [0.29, 0.717) is 11.5 Å². The minimum Gasteiger partial charge on any atom is -0.309 e. The Morgan fingerprint density at radius 1 is 1.50 bits per heavy atom. The van der Waals surface area contributed by atoms with Gasteiger partial charge >= 0.3 is 0 Å².